The van der Waals surface area contributed by atoms with Gasteiger partial charge < -0.3 is 14.7 Å². The molecule has 0 unspecified atom stereocenters. The van der Waals surface area contributed by atoms with E-state index in [9.17, 15) is 32.3 Å². The minimum absolute atomic E-state index is 0.172. The largest absolute Gasteiger partial charge is 0.463 e. The highest BCUT2D eigenvalue weighted by molar-refractivity contribution is 6.05. The molecule has 1 N–H and O–H groups in total. The van der Waals surface area contributed by atoms with Gasteiger partial charge in [-0.3, -0.25) is 4.79 Å². The third-order valence-electron chi connectivity index (χ3n) is 4.05. The van der Waals surface area contributed by atoms with E-state index in [1.165, 1.54) is 26.1 Å². The lowest BCUT2D eigenvalue weighted by molar-refractivity contribution is -0.267. The van der Waals surface area contributed by atoms with Gasteiger partial charge in [0.2, 0.25) is 0 Å². The molecule has 0 saturated heterocycles. The molecule has 28 heavy (non-hydrogen) atoms. The number of nitrogens with zero attached hydrogens (tertiary/aromatic N) is 1. The molecule has 0 aromatic heterocycles. The molecule has 0 radical (unpaired) electrons. The van der Waals surface area contributed by atoms with E-state index in [0.717, 1.165) is 41.3 Å². The Morgan fingerprint density at radius 1 is 1.04 bits per heavy atom. The van der Waals surface area contributed by atoms with Crippen molar-refractivity contribution in [1.29, 1.82) is 0 Å². The van der Waals surface area contributed by atoms with E-state index in [4.69, 9.17) is 0 Å². The number of halogens is 4. The fourth-order valence-electron chi connectivity index (χ4n) is 2.46. The van der Waals surface area contributed by atoms with Crippen LogP contribution < -0.4 is 4.90 Å². The summed E-state index contributed by atoms with van der Waals surface area (Å²) in [4.78, 5) is 25.3. The van der Waals surface area contributed by atoms with Gasteiger partial charge in [-0.1, -0.05) is 12.1 Å². The molecular formula is C19H17F4NO4. The van der Waals surface area contributed by atoms with Gasteiger partial charge >= 0.3 is 12.1 Å². The predicted octanol–water partition coefficient (Wildman–Crippen LogP) is 3.42. The Morgan fingerprint density at radius 2 is 1.57 bits per heavy atom. The normalized spacial score (nSPS) is 13.5. The molecule has 0 heterocycles. The second-order valence-corrected chi connectivity index (χ2v) is 5.85. The smallest absolute Gasteiger partial charge is 0.432 e. The van der Waals surface area contributed by atoms with Gasteiger partial charge in [0.15, 0.2) is 0 Å². The molecule has 0 fully saturated rings. The van der Waals surface area contributed by atoms with Crippen molar-refractivity contribution in [3.63, 3.8) is 0 Å². The molecule has 1 amide bonds. The lowest BCUT2D eigenvalue weighted by Gasteiger charge is -2.29. The number of hydrogen-bond acceptors (Lipinski definition) is 4. The van der Waals surface area contributed by atoms with Crippen molar-refractivity contribution in [2.45, 2.75) is 18.7 Å². The van der Waals surface area contributed by atoms with Crippen LogP contribution in [-0.2, 0) is 15.1 Å². The Balaban J connectivity index is 2.33. The molecule has 0 aliphatic heterocycles. The highest BCUT2D eigenvalue weighted by atomic mass is 19.4. The topological polar surface area (TPSA) is 66.8 Å². The van der Waals surface area contributed by atoms with Crippen LogP contribution in [0.1, 0.15) is 22.8 Å². The molecule has 1 atom stereocenters. The number of carbonyl (C=O) groups excluding carboxylic acids is 2. The van der Waals surface area contributed by atoms with E-state index < -0.39 is 35.0 Å². The zero-order valence-corrected chi connectivity index (χ0v) is 15.0. The first-order chi connectivity index (χ1) is 13.0. The average molecular weight is 399 g/mol. The summed E-state index contributed by atoms with van der Waals surface area (Å²) in [5.74, 6) is -2.89. The molecular weight excluding hydrogens is 382 g/mol. The highest BCUT2D eigenvalue weighted by Gasteiger charge is 2.62. The molecule has 2 aromatic carbocycles. The van der Waals surface area contributed by atoms with Crippen molar-refractivity contribution < 1.29 is 37.0 Å². The molecule has 0 aliphatic rings. The number of ether oxygens (including phenoxy) is 1. The van der Waals surface area contributed by atoms with Gasteiger partial charge in [0.1, 0.15) is 5.82 Å². The fraction of sp³-hybridized carbons (Fsp3) is 0.263. The Hall–Kier alpha value is -2.94. The predicted molar refractivity (Wildman–Crippen MR) is 92.2 cm³/mol. The van der Waals surface area contributed by atoms with Gasteiger partial charge in [-0.25, -0.2) is 9.18 Å². The number of amides is 1. The molecule has 0 spiro atoms. The maximum absolute atomic E-state index is 13.4. The van der Waals surface area contributed by atoms with Crippen LogP contribution in [0.25, 0.3) is 0 Å². The molecule has 0 aliphatic carbocycles. The number of rotatable bonds is 5. The molecule has 5 nitrogen and oxygen atoms in total. The van der Waals surface area contributed by atoms with Crippen molar-refractivity contribution in [2.24, 2.45) is 0 Å². The van der Waals surface area contributed by atoms with Gasteiger partial charge in [0, 0.05) is 23.9 Å². The van der Waals surface area contributed by atoms with Gasteiger partial charge in [0.25, 0.3) is 11.5 Å². The van der Waals surface area contributed by atoms with E-state index in [1.807, 2.05) is 0 Å². The molecule has 9 heteroatoms. The maximum Gasteiger partial charge on any atom is 0.432 e. The van der Waals surface area contributed by atoms with Crippen molar-refractivity contribution in [1.82, 2.24) is 0 Å². The monoisotopic (exact) mass is 399 g/mol. The second-order valence-electron chi connectivity index (χ2n) is 5.85. The second kappa shape index (κ2) is 7.97. The Kier molecular flexibility index (Phi) is 6.08. The number of alkyl halides is 3. The van der Waals surface area contributed by atoms with Crippen molar-refractivity contribution in [3.8, 4) is 0 Å². The number of hydrogen-bond donors (Lipinski definition) is 1. The zero-order valence-electron chi connectivity index (χ0n) is 15.0. The van der Waals surface area contributed by atoms with Gasteiger partial charge in [-0.15, -0.1) is 0 Å². The summed E-state index contributed by atoms with van der Waals surface area (Å²) >= 11 is 0. The van der Waals surface area contributed by atoms with E-state index in [2.05, 4.69) is 4.74 Å². The Morgan fingerprint density at radius 3 is 2.04 bits per heavy atom. The standard InChI is InChI=1S/C19H17F4NO4/c1-3-28-17(26)18(27,19(21,22)23)13-6-10-15(11-7-13)24(2)16(25)12-4-8-14(20)9-5-12/h4-11,27H,3H2,1-2H3/t18-/m1/s1. The van der Waals surface area contributed by atoms with E-state index >= 15 is 0 Å². The van der Waals surface area contributed by atoms with Crippen LogP contribution in [0.3, 0.4) is 0 Å². The summed E-state index contributed by atoms with van der Waals surface area (Å²) < 4.78 is 57.4. The van der Waals surface area contributed by atoms with E-state index in [1.54, 1.807) is 0 Å². The molecule has 150 valence electrons. The quantitative estimate of drug-likeness (QED) is 0.618. The summed E-state index contributed by atoms with van der Waals surface area (Å²) in [5, 5.41) is 10.0. The van der Waals surface area contributed by atoms with Crippen LogP contribution in [0.15, 0.2) is 48.5 Å². The Bertz CT molecular complexity index is 850. The third-order valence-corrected chi connectivity index (χ3v) is 4.05. The zero-order chi connectivity index (χ0) is 21.1. The number of aliphatic hydroxyl groups is 1. The first-order valence-electron chi connectivity index (χ1n) is 8.12. The summed E-state index contributed by atoms with van der Waals surface area (Å²) in [5.41, 5.74) is -4.20. The maximum atomic E-state index is 13.4. The molecule has 0 saturated carbocycles. The third kappa shape index (κ3) is 3.99. The van der Waals surface area contributed by atoms with Crippen LogP contribution in [0.5, 0.6) is 0 Å². The lowest BCUT2D eigenvalue weighted by atomic mass is 9.93. The van der Waals surface area contributed by atoms with Crippen LogP contribution in [0.4, 0.5) is 23.2 Å². The molecule has 2 rings (SSSR count). The van der Waals surface area contributed by atoms with Crippen LogP contribution in [-0.4, -0.2) is 36.8 Å². The Labute approximate surface area is 158 Å². The number of benzene rings is 2. The summed E-state index contributed by atoms with van der Waals surface area (Å²) in [6.07, 6.45) is -5.31. The first kappa shape index (κ1) is 21.4. The fourth-order valence-corrected chi connectivity index (χ4v) is 2.46. The summed E-state index contributed by atoms with van der Waals surface area (Å²) in [6, 6.07) is 8.80. The van der Waals surface area contributed by atoms with Gasteiger partial charge in [-0.2, -0.15) is 13.2 Å². The minimum atomic E-state index is -5.31. The number of carbonyl (C=O) groups is 2. The van der Waals surface area contributed by atoms with Gasteiger partial charge in [-0.05, 0) is 43.3 Å². The van der Waals surface area contributed by atoms with Crippen molar-refractivity contribution in [2.75, 3.05) is 18.6 Å². The summed E-state index contributed by atoms with van der Waals surface area (Å²) in [7, 11) is 1.38. The van der Waals surface area contributed by atoms with Crippen molar-refractivity contribution >= 4 is 17.6 Å². The van der Waals surface area contributed by atoms with Crippen LogP contribution >= 0.6 is 0 Å². The van der Waals surface area contributed by atoms with Crippen LogP contribution in [0.2, 0.25) is 0 Å². The molecule has 2 aromatic rings. The first-order valence-corrected chi connectivity index (χ1v) is 8.12. The van der Waals surface area contributed by atoms with Gasteiger partial charge in [0.05, 0.1) is 6.61 Å². The average Bonchev–Trinajstić information content (AvgIpc) is 2.66. The van der Waals surface area contributed by atoms with Crippen LogP contribution in [0, 0.1) is 5.82 Å². The number of anilines is 1. The highest BCUT2D eigenvalue weighted by Crippen LogP contribution is 2.40. The van der Waals surface area contributed by atoms with Crippen molar-refractivity contribution in [3.05, 3.63) is 65.5 Å². The SMILES string of the molecule is CCOC(=O)[C@](O)(c1ccc(N(C)C(=O)c2ccc(F)cc2)cc1)C(F)(F)F. The number of esters is 1. The lowest BCUT2D eigenvalue weighted by Crippen LogP contribution is -2.50. The summed E-state index contributed by atoms with van der Waals surface area (Å²) in [6.45, 7) is 0.970. The van der Waals surface area contributed by atoms with E-state index in [0.29, 0.717) is 0 Å². The minimum Gasteiger partial charge on any atom is -0.463 e. The molecule has 0 bridgehead atoms. The van der Waals surface area contributed by atoms with E-state index in [-0.39, 0.29) is 17.9 Å².